The van der Waals surface area contributed by atoms with E-state index in [1.165, 1.54) is 11.3 Å². The molecule has 1 aromatic carbocycles. The number of hydrogen-bond acceptors (Lipinski definition) is 3. The Morgan fingerprint density at radius 3 is 2.60 bits per heavy atom. The molecule has 1 aromatic heterocycles. The fourth-order valence-corrected chi connectivity index (χ4v) is 2.22. The second-order valence-corrected chi connectivity index (χ2v) is 5.37. The molecule has 0 aliphatic carbocycles. The van der Waals surface area contributed by atoms with E-state index in [0.29, 0.717) is 0 Å². The SMILES string of the molecule is CCCn1cncc1CNc1ccc(CN(C)C)cc1. The van der Waals surface area contributed by atoms with Gasteiger partial charge in [0.15, 0.2) is 0 Å². The molecular formula is C16H24N4. The maximum Gasteiger partial charge on any atom is 0.0948 e. The van der Waals surface area contributed by atoms with Gasteiger partial charge >= 0.3 is 0 Å². The predicted octanol–water partition coefficient (Wildman–Crippen LogP) is 2.97. The van der Waals surface area contributed by atoms with Crippen LogP contribution in [0.15, 0.2) is 36.8 Å². The average Bonchev–Trinajstić information content (AvgIpc) is 2.85. The lowest BCUT2D eigenvalue weighted by Crippen LogP contribution is -2.10. The molecule has 0 unspecified atom stereocenters. The van der Waals surface area contributed by atoms with E-state index in [1.54, 1.807) is 0 Å². The van der Waals surface area contributed by atoms with Crippen LogP contribution in [0.1, 0.15) is 24.6 Å². The zero-order valence-electron chi connectivity index (χ0n) is 12.6. The van der Waals surface area contributed by atoms with Crippen LogP contribution in [0.5, 0.6) is 0 Å². The van der Waals surface area contributed by atoms with Crippen LogP contribution < -0.4 is 5.32 Å². The van der Waals surface area contributed by atoms with Gasteiger partial charge < -0.3 is 14.8 Å². The number of anilines is 1. The molecule has 0 aliphatic heterocycles. The van der Waals surface area contributed by atoms with Crippen LogP contribution in [0.4, 0.5) is 5.69 Å². The Hall–Kier alpha value is -1.81. The molecule has 1 heterocycles. The second kappa shape index (κ2) is 7.10. The summed E-state index contributed by atoms with van der Waals surface area (Å²) in [6.07, 6.45) is 4.96. The summed E-state index contributed by atoms with van der Waals surface area (Å²) in [4.78, 5) is 6.39. The van der Waals surface area contributed by atoms with Crippen molar-refractivity contribution < 1.29 is 0 Å². The van der Waals surface area contributed by atoms with Gasteiger partial charge in [-0.25, -0.2) is 4.98 Å². The average molecular weight is 272 g/mol. The molecule has 4 heteroatoms. The van der Waals surface area contributed by atoms with Gasteiger partial charge in [-0.15, -0.1) is 0 Å². The van der Waals surface area contributed by atoms with Crippen molar-refractivity contribution in [1.82, 2.24) is 14.5 Å². The van der Waals surface area contributed by atoms with Crippen molar-refractivity contribution in [2.75, 3.05) is 19.4 Å². The quantitative estimate of drug-likeness (QED) is 0.841. The minimum absolute atomic E-state index is 0.813. The standard InChI is InChI=1S/C16H24N4/c1-4-9-20-13-17-10-16(20)11-18-15-7-5-14(6-8-15)12-19(2)3/h5-8,10,13,18H,4,9,11-12H2,1-3H3. The van der Waals surface area contributed by atoms with Gasteiger partial charge in [-0.3, -0.25) is 0 Å². The first kappa shape index (κ1) is 14.6. The molecule has 0 spiro atoms. The number of aromatic nitrogens is 2. The molecule has 0 bridgehead atoms. The fourth-order valence-electron chi connectivity index (χ4n) is 2.22. The Kier molecular flexibility index (Phi) is 5.18. The summed E-state index contributed by atoms with van der Waals surface area (Å²) in [6.45, 7) is 5.00. The van der Waals surface area contributed by atoms with Gasteiger partial charge in [-0.2, -0.15) is 0 Å². The van der Waals surface area contributed by atoms with E-state index in [4.69, 9.17) is 0 Å². The van der Waals surface area contributed by atoms with Crippen molar-refractivity contribution >= 4 is 5.69 Å². The van der Waals surface area contributed by atoms with Crippen LogP contribution in [0.2, 0.25) is 0 Å². The number of nitrogens with zero attached hydrogens (tertiary/aromatic N) is 3. The summed E-state index contributed by atoms with van der Waals surface area (Å²) in [5, 5.41) is 3.45. The highest BCUT2D eigenvalue weighted by Gasteiger charge is 2.01. The highest BCUT2D eigenvalue weighted by molar-refractivity contribution is 5.44. The van der Waals surface area contributed by atoms with Gasteiger partial charge in [0.2, 0.25) is 0 Å². The zero-order valence-corrected chi connectivity index (χ0v) is 12.6. The molecule has 108 valence electrons. The van der Waals surface area contributed by atoms with E-state index in [1.807, 2.05) is 12.5 Å². The summed E-state index contributed by atoms with van der Waals surface area (Å²) in [7, 11) is 4.17. The maximum absolute atomic E-state index is 4.22. The maximum atomic E-state index is 4.22. The molecule has 0 aliphatic rings. The Balaban J connectivity index is 1.92. The smallest absolute Gasteiger partial charge is 0.0948 e. The van der Waals surface area contributed by atoms with Crippen molar-refractivity contribution in [3.63, 3.8) is 0 Å². The minimum atomic E-state index is 0.813. The van der Waals surface area contributed by atoms with Crippen LogP contribution in [0, 0.1) is 0 Å². The summed E-state index contributed by atoms with van der Waals surface area (Å²) in [5.74, 6) is 0. The number of aryl methyl sites for hydroxylation is 1. The lowest BCUT2D eigenvalue weighted by molar-refractivity contribution is 0.402. The van der Waals surface area contributed by atoms with Gasteiger partial charge in [0.05, 0.1) is 18.6 Å². The first-order valence-electron chi connectivity index (χ1n) is 7.15. The van der Waals surface area contributed by atoms with Crippen LogP contribution in [-0.4, -0.2) is 28.5 Å². The third kappa shape index (κ3) is 4.10. The van der Waals surface area contributed by atoms with E-state index in [-0.39, 0.29) is 0 Å². The van der Waals surface area contributed by atoms with E-state index < -0.39 is 0 Å². The second-order valence-electron chi connectivity index (χ2n) is 5.37. The van der Waals surface area contributed by atoms with Crippen molar-refractivity contribution in [1.29, 1.82) is 0 Å². The summed E-state index contributed by atoms with van der Waals surface area (Å²) in [5.41, 5.74) is 3.71. The number of benzene rings is 1. The van der Waals surface area contributed by atoms with Crippen molar-refractivity contribution in [2.45, 2.75) is 33.0 Å². The van der Waals surface area contributed by atoms with Gasteiger partial charge in [0.25, 0.3) is 0 Å². The first-order chi connectivity index (χ1) is 9.69. The zero-order chi connectivity index (χ0) is 14.4. The van der Waals surface area contributed by atoms with E-state index in [2.05, 4.69) is 65.1 Å². The van der Waals surface area contributed by atoms with E-state index >= 15 is 0 Å². The predicted molar refractivity (Wildman–Crippen MR) is 83.7 cm³/mol. The van der Waals surface area contributed by atoms with Crippen molar-refractivity contribution in [2.24, 2.45) is 0 Å². The highest BCUT2D eigenvalue weighted by Crippen LogP contribution is 2.12. The summed E-state index contributed by atoms with van der Waals surface area (Å²) < 4.78 is 2.20. The molecule has 4 nitrogen and oxygen atoms in total. The molecule has 1 N–H and O–H groups in total. The third-order valence-corrected chi connectivity index (χ3v) is 3.19. The molecule has 0 radical (unpaired) electrons. The molecule has 2 aromatic rings. The van der Waals surface area contributed by atoms with Gasteiger partial charge in [-0.1, -0.05) is 19.1 Å². The Morgan fingerprint density at radius 2 is 1.95 bits per heavy atom. The Morgan fingerprint density at radius 1 is 1.20 bits per heavy atom. The van der Waals surface area contributed by atoms with Crippen molar-refractivity contribution in [3.05, 3.63) is 48.0 Å². The lowest BCUT2D eigenvalue weighted by atomic mass is 10.2. The van der Waals surface area contributed by atoms with Crippen molar-refractivity contribution in [3.8, 4) is 0 Å². The Bertz CT molecular complexity index is 514. The summed E-state index contributed by atoms with van der Waals surface area (Å²) in [6, 6.07) is 8.62. The molecular weight excluding hydrogens is 248 g/mol. The molecule has 0 atom stereocenters. The minimum Gasteiger partial charge on any atom is -0.379 e. The molecule has 0 saturated carbocycles. The molecule has 2 rings (SSSR count). The lowest BCUT2D eigenvalue weighted by Gasteiger charge is -2.12. The monoisotopic (exact) mass is 272 g/mol. The molecule has 0 saturated heterocycles. The number of nitrogens with one attached hydrogen (secondary N) is 1. The van der Waals surface area contributed by atoms with Crippen LogP contribution in [0.25, 0.3) is 0 Å². The number of rotatable bonds is 7. The van der Waals surface area contributed by atoms with Crippen LogP contribution in [0.3, 0.4) is 0 Å². The fraction of sp³-hybridized carbons (Fsp3) is 0.438. The number of hydrogen-bond donors (Lipinski definition) is 1. The van der Waals surface area contributed by atoms with Crippen LogP contribution >= 0.6 is 0 Å². The van der Waals surface area contributed by atoms with Gasteiger partial charge in [0.1, 0.15) is 0 Å². The molecule has 0 fully saturated rings. The van der Waals surface area contributed by atoms with Crippen LogP contribution in [-0.2, 0) is 19.6 Å². The summed E-state index contributed by atoms with van der Waals surface area (Å²) >= 11 is 0. The molecule has 20 heavy (non-hydrogen) atoms. The van der Waals surface area contributed by atoms with E-state index in [0.717, 1.165) is 31.7 Å². The topological polar surface area (TPSA) is 33.1 Å². The normalized spacial score (nSPS) is 11.0. The van der Waals surface area contributed by atoms with Gasteiger partial charge in [-0.05, 0) is 38.2 Å². The first-order valence-corrected chi connectivity index (χ1v) is 7.15. The third-order valence-electron chi connectivity index (χ3n) is 3.19. The van der Waals surface area contributed by atoms with E-state index in [9.17, 15) is 0 Å². The largest absolute Gasteiger partial charge is 0.379 e. The molecule has 0 amide bonds. The van der Waals surface area contributed by atoms with Gasteiger partial charge in [0, 0.05) is 25.0 Å². The highest BCUT2D eigenvalue weighted by atomic mass is 15.1. The number of imidazole rings is 1. The Labute approximate surface area is 121 Å².